The first-order chi connectivity index (χ1) is 12.7. The van der Waals surface area contributed by atoms with E-state index in [0.717, 1.165) is 16.7 Å². The molecule has 0 radical (unpaired) electrons. The molecule has 3 rings (SSSR count). The Morgan fingerprint density at radius 2 is 1.69 bits per heavy atom. The molecule has 130 valence electrons. The van der Waals surface area contributed by atoms with E-state index in [0.29, 0.717) is 5.56 Å². The molecule has 3 aromatic rings. The van der Waals surface area contributed by atoms with E-state index in [9.17, 15) is 9.59 Å². The van der Waals surface area contributed by atoms with Gasteiger partial charge < -0.3 is 4.74 Å². The summed E-state index contributed by atoms with van der Waals surface area (Å²) in [5.41, 5.74) is 3.66. The number of carbonyl (C=O) groups is 2. The third kappa shape index (κ3) is 4.22. The van der Waals surface area contributed by atoms with Gasteiger partial charge in [-0.1, -0.05) is 54.6 Å². The van der Waals surface area contributed by atoms with Crippen molar-refractivity contribution in [3.8, 4) is 11.1 Å². The molecule has 0 spiro atoms. The Balaban J connectivity index is 1.78. The van der Waals surface area contributed by atoms with Gasteiger partial charge in [0.1, 0.15) is 5.69 Å². The molecule has 0 aliphatic carbocycles. The highest BCUT2D eigenvalue weighted by molar-refractivity contribution is 5.98. The van der Waals surface area contributed by atoms with Gasteiger partial charge in [0.05, 0.1) is 12.2 Å². The minimum absolute atomic E-state index is 0.138. The van der Waals surface area contributed by atoms with Gasteiger partial charge in [-0.05, 0) is 35.7 Å². The lowest BCUT2D eigenvalue weighted by Crippen LogP contribution is -2.10. The van der Waals surface area contributed by atoms with Crippen LogP contribution in [0.3, 0.4) is 0 Å². The van der Waals surface area contributed by atoms with Gasteiger partial charge in [0.25, 0.3) is 0 Å². The number of rotatable bonds is 6. The molecule has 0 unspecified atom stereocenters. The van der Waals surface area contributed by atoms with Gasteiger partial charge in [-0.3, -0.25) is 9.78 Å². The minimum Gasteiger partial charge on any atom is -0.462 e. The number of ketones is 1. The van der Waals surface area contributed by atoms with Crippen LogP contribution >= 0.6 is 0 Å². The molecule has 1 heterocycles. The summed E-state index contributed by atoms with van der Waals surface area (Å²) in [5.74, 6) is -0.587. The molecule has 0 atom stereocenters. The van der Waals surface area contributed by atoms with Crippen LogP contribution in [0.1, 0.15) is 33.3 Å². The second kappa shape index (κ2) is 8.21. The van der Waals surface area contributed by atoms with Crippen LogP contribution in [-0.2, 0) is 11.2 Å². The average Bonchev–Trinajstić information content (AvgIpc) is 2.69. The van der Waals surface area contributed by atoms with Crippen LogP contribution in [0.25, 0.3) is 11.1 Å². The van der Waals surface area contributed by atoms with Crippen LogP contribution in [-0.4, -0.2) is 23.3 Å². The maximum absolute atomic E-state index is 12.6. The van der Waals surface area contributed by atoms with Crippen molar-refractivity contribution >= 4 is 11.8 Å². The lowest BCUT2D eigenvalue weighted by Gasteiger charge is -2.06. The second-order valence-corrected chi connectivity index (χ2v) is 5.82. The van der Waals surface area contributed by atoms with Gasteiger partial charge >= 0.3 is 5.97 Å². The zero-order valence-corrected chi connectivity index (χ0v) is 14.5. The zero-order valence-electron chi connectivity index (χ0n) is 14.5. The average molecular weight is 345 g/mol. The molecule has 0 fully saturated rings. The summed E-state index contributed by atoms with van der Waals surface area (Å²) in [6.45, 7) is 2.03. The molecule has 0 bridgehead atoms. The molecule has 4 nitrogen and oxygen atoms in total. The number of hydrogen-bond acceptors (Lipinski definition) is 4. The van der Waals surface area contributed by atoms with Gasteiger partial charge in [0, 0.05) is 12.6 Å². The smallest absolute Gasteiger partial charge is 0.338 e. The van der Waals surface area contributed by atoms with Gasteiger partial charge in [0.15, 0.2) is 5.78 Å². The highest BCUT2D eigenvalue weighted by Crippen LogP contribution is 2.20. The zero-order chi connectivity index (χ0) is 18.4. The first kappa shape index (κ1) is 17.5. The minimum atomic E-state index is -0.449. The summed E-state index contributed by atoms with van der Waals surface area (Å²) in [7, 11) is 0. The van der Waals surface area contributed by atoms with Crippen LogP contribution in [0.5, 0.6) is 0 Å². The van der Waals surface area contributed by atoms with E-state index in [2.05, 4.69) is 4.98 Å². The molecule has 0 aliphatic heterocycles. The van der Waals surface area contributed by atoms with Crippen molar-refractivity contribution in [3.05, 3.63) is 89.7 Å². The third-order valence-electron chi connectivity index (χ3n) is 3.96. The van der Waals surface area contributed by atoms with E-state index in [1.807, 2.05) is 54.6 Å². The first-order valence-corrected chi connectivity index (χ1v) is 8.48. The molecular formula is C22H19NO3. The molecule has 2 aromatic carbocycles. The van der Waals surface area contributed by atoms with Crippen molar-refractivity contribution in [2.45, 2.75) is 13.3 Å². The van der Waals surface area contributed by atoms with Crippen molar-refractivity contribution in [1.82, 2.24) is 4.98 Å². The maximum atomic E-state index is 12.6. The number of Topliss-reactive ketones (excluding diaryl/α,β-unsaturated/α-hetero) is 1. The number of nitrogens with zero attached hydrogens (tertiary/aromatic N) is 1. The van der Waals surface area contributed by atoms with E-state index in [-0.39, 0.29) is 24.5 Å². The Labute approximate surface area is 152 Å². The van der Waals surface area contributed by atoms with Crippen LogP contribution in [0.4, 0.5) is 0 Å². The van der Waals surface area contributed by atoms with E-state index >= 15 is 0 Å². The standard InChI is InChI=1S/C22H19NO3/c1-2-26-22(25)19-11-12-23-20(15-19)21(24)14-16-7-6-10-18(13-16)17-8-4-3-5-9-17/h3-13,15H,2,14H2,1H3. The summed E-state index contributed by atoms with van der Waals surface area (Å²) in [4.78, 5) is 28.5. The Morgan fingerprint density at radius 1 is 0.923 bits per heavy atom. The number of benzene rings is 2. The number of pyridine rings is 1. The molecule has 0 N–H and O–H groups in total. The van der Waals surface area contributed by atoms with Crippen molar-refractivity contribution in [2.75, 3.05) is 6.61 Å². The fraction of sp³-hybridized carbons (Fsp3) is 0.136. The molecule has 0 saturated carbocycles. The van der Waals surface area contributed by atoms with Crippen LogP contribution < -0.4 is 0 Å². The van der Waals surface area contributed by atoms with Crippen LogP contribution in [0.15, 0.2) is 72.9 Å². The predicted octanol–water partition coefficient (Wildman–Crippen LogP) is 4.35. The first-order valence-electron chi connectivity index (χ1n) is 8.48. The van der Waals surface area contributed by atoms with Crippen LogP contribution in [0.2, 0.25) is 0 Å². The summed E-state index contributed by atoms with van der Waals surface area (Å²) in [6, 6.07) is 20.9. The maximum Gasteiger partial charge on any atom is 0.338 e. The Bertz CT molecular complexity index is 919. The molecule has 0 aliphatic rings. The molecule has 26 heavy (non-hydrogen) atoms. The van der Waals surface area contributed by atoms with E-state index in [4.69, 9.17) is 4.74 Å². The van der Waals surface area contributed by atoms with Gasteiger partial charge in [-0.25, -0.2) is 4.79 Å². The third-order valence-corrected chi connectivity index (χ3v) is 3.96. The molecule has 0 saturated heterocycles. The quantitative estimate of drug-likeness (QED) is 0.492. The number of carbonyl (C=O) groups excluding carboxylic acids is 2. The van der Waals surface area contributed by atoms with Gasteiger partial charge in [-0.15, -0.1) is 0 Å². The Kier molecular flexibility index (Phi) is 5.54. The second-order valence-electron chi connectivity index (χ2n) is 5.82. The van der Waals surface area contributed by atoms with Crippen molar-refractivity contribution in [3.63, 3.8) is 0 Å². The van der Waals surface area contributed by atoms with Gasteiger partial charge in [-0.2, -0.15) is 0 Å². The summed E-state index contributed by atoms with van der Waals surface area (Å²) in [5, 5.41) is 0. The van der Waals surface area contributed by atoms with Crippen LogP contribution in [0, 0.1) is 0 Å². The summed E-state index contributed by atoms with van der Waals surface area (Å²) >= 11 is 0. The van der Waals surface area contributed by atoms with Gasteiger partial charge in [0.2, 0.25) is 0 Å². The predicted molar refractivity (Wildman–Crippen MR) is 100 cm³/mol. The highest BCUT2D eigenvalue weighted by atomic mass is 16.5. The summed E-state index contributed by atoms with van der Waals surface area (Å²) in [6.07, 6.45) is 1.68. The molecule has 1 aromatic heterocycles. The summed E-state index contributed by atoms with van der Waals surface area (Å²) < 4.78 is 4.97. The topological polar surface area (TPSA) is 56.3 Å². The number of ether oxygens (including phenoxy) is 1. The molecule has 0 amide bonds. The number of esters is 1. The normalized spacial score (nSPS) is 10.3. The van der Waals surface area contributed by atoms with E-state index in [1.54, 1.807) is 13.0 Å². The van der Waals surface area contributed by atoms with Crippen molar-refractivity contribution in [1.29, 1.82) is 0 Å². The van der Waals surface area contributed by atoms with Crippen molar-refractivity contribution in [2.24, 2.45) is 0 Å². The number of hydrogen-bond donors (Lipinski definition) is 0. The SMILES string of the molecule is CCOC(=O)c1ccnc(C(=O)Cc2cccc(-c3ccccc3)c2)c1. The van der Waals surface area contributed by atoms with E-state index < -0.39 is 5.97 Å². The fourth-order valence-electron chi connectivity index (χ4n) is 2.69. The largest absolute Gasteiger partial charge is 0.462 e. The fourth-order valence-corrected chi connectivity index (χ4v) is 2.69. The lowest BCUT2D eigenvalue weighted by molar-refractivity contribution is 0.0526. The monoisotopic (exact) mass is 345 g/mol. The molecular weight excluding hydrogens is 326 g/mol. The lowest BCUT2D eigenvalue weighted by atomic mass is 9.99. The highest BCUT2D eigenvalue weighted by Gasteiger charge is 2.13. The number of aromatic nitrogens is 1. The van der Waals surface area contributed by atoms with E-state index in [1.165, 1.54) is 12.3 Å². The van der Waals surface area contributed by atoms with Crippen molar-refractivity contribution < 1.29 is 14.3 Å². The molecule has 4 heteroatoms. The Morgan fingerprint density at radius 3 is 2.46 bits per heavy atom. The Hall–Kier alpha value is -3.27.